The lowest BCUT2D eigenvalue weighted by molar-refractivity contribution is -0.137. The Bertz CT molecular complexity index is 504. The Hall–Kier alpha value is -2.11. The number of pyridine rings is 1. The van der Waals surface area contributed by atoms with Crippen LogP contribution in [0.1, 0.15) is 42.5 Å². The van der Waals surface area contributed by atoms with Crippen LogP contribution in [0.3, 0.4) is 0 Å². The predicted octanol–water partition coefficient (Wildman–Crippen LogP) is 1.40. The number of anilines is 1. The molecule has 3 N–H and O–H groups in total. The molecule has 0 radical (unpaired) electrons. The van der Waals surface area contributed by atoms with Crippen molar-refractivity contribution in [3.05, 3.63) is 23.9 Å². The summed E-state index contributed by atoms with van der Waals surface area (Å²) in [5.41, 5.74) is 5.71. The third kappa shape index (κ3) is 3.46. The van der Waals surface area contributed by atoms with Crippen molar-refractivity contribution in [1.82, 2.24) is 4.98 Å². The number of carboxylic acids is 1. The number of nitrogens with zero attached hydrogens (tertiary/aromatic N) is 2. The van der Waals surface area contributed by atoms with Crippen LogP contribution < -0.4 is 10.6 Å². The highest BCUT2D eigenvalue weighted by molar-refractivity contribution is 5.93. The summed E-state index contributed by atoms with van der Waals surface area (Å²) in [5, 5.41) is 8.82. The number of amides is 1. The van der Waals surface area contributed by atoms with E-state index in [4.69, 9.17) is 10.8 Å². The van der Waals surface area contributed by atoms with Gasteiger partial charge in [-0.3, -0.25) is 9.59 Å². The van der Waals surface area contributed by atoms with Gasteiger partial charge in [0.15, 0.2) is 0 Å². The summed E-state index contributed by atoms with van der Waals surface area (Å²) in [7, 11) is 0. The first-order valence-electron chi connectivity index (χ1n) is 6.82. The Morgan fingerprint density at radius 2 is 2.25 bits per heavy atom. The molecule has 1 aromatic rings. The lowest BCUT2D eigenvalue weighted by Crippen LogP contribution is -2.40. The van der Waals surface area contributed by atoms with Crippen LogP contribution in [0.25, 0.3) is 0 Å². The number of nitrogens with two attached hydrogens (primary N) is 1. The van der Waals surface area contributed by atoms with Crippen molar-refractivity contribution in [2.75, 3.05) is 11.4 Å². The molecule has 0 spiro atoms. The van der Waals surface area contributed by atoms with E-state index in [1.165, 1.54) is 0 Å². The van der Waals surface area contributed by atoms with Gasteiger partial charge in [0.2, 0.25) is 5.91 Å². The van der Waals surface area contributed by atoms with Gasteiger partial charge in [0, 0.05) is 30.8 Å². The van der Waals surface area contributed by atoms with Crippen LogP contribution in [0.5, 0.6) is 0 Å². The number of carbonyl (C=O) groups excluding carboxylic acids is 1. The summed E-state index contributed by atoms with van der Waals surface area (Å²) in [6, 6.07) is 3.43. The largest absolute Gasteiger partial charge is 0.481 e. The quantitative estimate of drug-likeness (QED) is 0.848. The summed E-state index contributed by atoms with van der Waals surface area (Å²) in [6.45, 7) is 0.833. The summed E-state index contributed by atoms with van der Waals surface area (Å²) in [4.78, 5) is 28.4. The van der Waals surface area contributed by atoms with Crippen molar-refractivity contribution in [2.45, 2.75) is 38.1 Å². The van der Waals surface area contributed by atoms with Gasteiger partial charge in [-0.25, -0.2) is 4.98 Å². The molecule has 1 atom stereocenters. The van der Waals surface area contributed by atoms with Crippen LogP contribution in [0, 0.1) is 0 Å². The molecule has 0 saturated carbocycles. The smallest absolute Gasteiger partial charge is 0.303 e. The molecule has 2 rings (SSSR count). The molecule has 1 amide bonds. The Kier molecular flexibility index (Phi) is 4.55. The average Bonchev–Trinajstić information content (AvgIpc) is 2.45. The molecule has 1 fully saturated rings. The number of hydrogen-bond donors (Lipinski definition) is 2. The lowest BCUT2D eigenvalue weighted by atomic mass is 9.97. The highest BCUT2D eigenvalue weighted by atomic mass is 16.4. The summed E-state index contributed by atoms with van der Waals surface area (Å²) < 4.78 is 0. The minimum absolute atomic E-state index is 0.149. The summed E-state index contributed by atoms with van der Waals surface area (Å²) in [5.74, 6) is -0.557. The highest BCUT2D eigenvalue weighted by Crippen LogP contribution is 2.26. The van der Waals surface area contributed by atoms with Crippen LogP contribution in [-0.2, 0) is 4.79 Å². The van der Waals surface area contributed by atoms with E-state index >= 15 is 0 Å². The maximum absolute atomic E-state index is 11.2. The number of carboxylic acid groups (broad SMARTS) is 1. The first-order valence-corrected chi connectivity index (χ1v) is 6.82. The van der Waals surface area contributed by atoms with Crippen molar-refractivity contribution in [3.63, 3.8) is 0 Å². The first-order chi connectivity index (χ1) is 9.58. The van der Waals surface area contributed by atoms with Gasteiger partial charge in [0.05, 0.1) is 0 Å². The molecule has 6 nitrogen and oxygen atoms in total. The number of hydrogen-bond acceptors (Lipinski definition) is 4. The second-order valence-corrected chi connectivity index (χ2v) is 5.04. The highest BCUT2D eigenvalue weighted by Gasteiger charge is 2.24. The molecular weight excluding hydrogens is 258 g/mol. The molecule has 1 unspecified atom stereocenters. The van der Waals surface area contributed by atoms with Gasteiger partial charge in [-0.2, -0.15) is 0 Å². The molecule has 2 heterocycles. The lowest BCUT2D eigenvalue weighted by Gasteiger charge is -2.36. The SMILES string of the molecule is NC(=O)c1ccnc(N2CCCCC2CCC(=O)O)c1. The molecule has 0 aromatic carbocycles. The Labute approximate surface area is 117 Å². The minimum atomic E-state index is -0.783. The molecule has 1 aromatic heterocycles. The fourth-order valence-electron chi connectivity index (χ4n) is 2.62. The summed E-state index contributed by atoms with van der Waals surface area (Å²) >= 11 is 0. The van der Waals surface area contributed by atoms with Gasteiger partial charge < -0.3 is 15.7 Å². The van der Waals surface area contributed by atoms with Crippen molar-refractivity contribution in [1.29, 1.82) is 0 Å². The number of aliphatic carboxylic acids is 1. The minimum Gasteiger partial charge on any atom is -0.481 e. The predicted molar refractivity (Wildman–Crippen MR) is 74.6 cm³/mol. The van der Waals surface area contributed by atoms with Crippen LogP contribution in [-0.4, -0.2) is 34.6 Å². The molecular formula is C14H19N3O3. The van der Waals surface area contributed by atoms with Crippen molar-refractivity contribution in [3.8, 4) is 0 Å². The molecule has 1 aliphatic rings. The fraction of sp³-hybridized carbons (Fsp3) is 0.500. The third-order valence-electron chi connectivity index (χ3n) is 3.64. The maximum atomic E-state index is 11.2. The van der Waals surface area contributed by atoms with E-state index < -0.39 is 11.9 Å². The van der Waals surface area contributed by atoms with E-state index in [0.717, 1.165) is 25.8 Å². The summed E-state index contributed by atoms with van der Waals surface area (Å²) in [6.07, 6.45) is 5.41. The number of primary amides is 1. The fourth-order valence-corrected chi connectivity index (χ4v) is 2.62. The van der Waals surface area contributed by atoms with Crippen LogP contribution in [0.2, 0.25) is 0 Å². The van der Waals surface area contributed by atoms with E-state index in [1.807, 2.05) is 0 Å². The van der Waals surface area contributed by atoms with Crippen molar-refractivity contribution < 1.29 is 14.7 Å². The molecule has 0 aliphatic carbocycles. The monoisotopic (exact) mass is 277 g/mol. The second-order valence-electron chi connectivity index (χ2n) is 5.04. The zero-order valence-corrected chi connectivity index (χ0v) is 11.3. The molecule has 20 heavy (non-hydrogen) atoms. The van der Waals surface area contributed by atoms with E-state index in [-0.39, 0.29) is 12.5 Å². The number of rotatable bonds is 5. The second kappa shape index (κ2) is 6.36. The van der Waals surface area contributed by atoms with Gasteiger partial charge in [-0.1, -0.05) is 0 Å². The number of aromatic nitrogens is 1. The van der Waals surface area contributed by atoms with Gasteiger partial charge >= 0.3 is 5.97 Å². The zero-order chi connectivity index (χ0) is 14.5. The van der Waals surface area contributed by atoms with Gasteiger partial charge in [-0.05, 0) is 37.8 Å². The standard InChI is InChI=1S/C14H19N3O3/c15-14(20)10-6-7-16-12(9-10)17-8-2-1-3-11(17)4-5-13(18)19/h6-7,9,11H,1-5,8H2,(H2,15,20)(H,18,19). The third-order valence-corrected chi connectivity index (χ3v) is 3.64. The number of carbonyl (C=O) groups is 2. The molecule has 1 aliphatic heterocycles. The molecule has 6 heteroatoms. The van der Waals surface area contributed by atoms with Gasteiger partial charge in [0.1, 0.15) is 5.82 Å². The zero-order valence-electron chi connectivity index (χ0n) is 11.3. The molecule has 1 saturated heterocycles. The van der Waals surface area contributed by atoms with Crippen LogP contribution in [0.4, 0.5) is 5.82 Å². The maximum Gasteiger partial charge on any atom is 0.303 e. The Morgan fingerprint density at radius 1 is 1.45 bits per heavy atom. The van der Waals surface area contributed by atoms with Crippen LogP contribution >= 0.6 is 0 Å². The topological polar surface area (TPSA) is 96.5 Å². The van der Waals surface area contributed by atoms with Gasteiger partial charge in [-0.15, -0.1) is 0 Å². The average molecular weight is 277 g/mol. The van der Waals surface area contributed by atoms with E-state index in [0.29, 0.717) is 17.8 Å². The van der Waals surface area contributed by atoms with E-state index in [9.17, 15) is 9.59 Å². The van der Waals surface area contributed by atoms with E-state index in [2.05, 4.69) is 9.88 Å². The van der Waals surface area contributed by atoms with Crippen molar-refractivity contribution in [2.24, 2.45) is 5.73 Å². The number of piperidine rings is 1. The van der Waals surface area contributed by atoms with E-state index in [1.54, 1.807) is 18.3 Å². The molecule has 0 bridgehead atoms. The van der Waals surface area contributed by atoms with Gasteiger partial charge in [0.25, 0.3) is 0 Å². The Morgan fingerprint density at radius 3 is 2.95 bits per heavy atom. The van der Waals surface area contributed by atoms with Crippen LogP contribution in [0.15, 0.2) is 18.3 Å². The first kappa shape index (κ1) is 14.3. The molecule has 108 valence electrons. The van der Waals surface area contributed by atoms with Crippen molar-refractivity contribution >= 4 is 17.7 Å². The normalized spacial score (nSPS) is 18.8. The Balaban J connectivity index is 2.16.